The quantitative estimate of drug-likeness (QED) is 0.791. The zero-order valence-corrected chi connectivity index (χ0v) is 9.86. The van der Waals surface area contributed by atoms with E-state index in [-0.39, 0.29) is 18.2 Å². The Bertz CT molecular complexity index is 331. The van der Waals surface area contributed by atoms with E-state index in [4.69, 9.17) is 4.52 Å². The SMILES string of the molecule is CC(C)CC(C)(O)CNC(=O)c1ccno1. The van der Waals surface area contributed by atoms with E-state index in [0.717, 1.165) is 0 Å². The molecule has 0 fully saturated rings. The van der Waals surface area contributed by atoms with Gasteiger partial charge in [-0.3, -0.25) is 4.79 Å². The minimum absolute atomic E-state index is 0.153. The van der Waals surface area contributed by atoms with Crippen LogP contribution in [0.3, 0.4) is 0 Å². The standard InChI is InChI=1S/C11H18N2O3/c1-8(2)6-11(3,15)7-12-10(14)9-4-5-13-16-9/h4-5,8,15H,6-7H2,1-3H3,(H,12,14). The summed E-state index contributed by atoms with van der Waals surface area (Å²) < 4.78 is 4.70. The Hall–Kier alpha value is -1.36. The molecule has 0 aliphatic rings. The molecule has 0 saturated carbocycles. The summed E-state index contributed by atoms with van der Waals surface area (Å²) in [5, 5.41) is 16.0. The van der Waals surface area contributed by atoms with E-state index in [0.29, 0.717) is 12.3 Å². The van der Waals surface area contributed by atoms with Crippen molar-refractivity contribution in [3.8, 4) is 0 Å². The molecule has 0 aromatic carbocycles. The first-order chi connectivity index (χ1) is 7.41. The minimum atomic E-state index is -0.899. The first-order valence-corrected chi connectivity index (χ1v) is 5.32. The van der Waals surface area contributed by atoms with Crippen LogP contribution in [0, 0.1) is 5.92 Å². The van der Waals surface area contributed by atoms with Gasteiger partial charge in [-0.25, -0.2) is 0 Å². The Balaban J connectivity index is 2.42. The average Bonchev–Trinajstić information content (AvgIpc) is 2.64. The number of carbonyl (C=O) groups excluding carboxylic acids is 1. The summed E-state index contributed by atoms with van der Waals surface area (Å²) in [5.74, 6) is 0.166. The molecule has 0 bridgehead atoms. The topological polar surface area (TPSA) is 75.4 Å². The number of nitrogens with zero attached hydrogens (tertiary/aromatic N) is 1. The number of carbonyl (C=O) groups is 1. The number of nitrogens with one attached hydrogen (secondary N) is 1. The van der Waals surface area contributed by atoms with Crippen molar-refractivity contribution in [2.24, 2.45) is 5.92 Å². The molecule has 1 unspecified atom stereocenters. The molecule has 2 N–H and O–H groups in total. The summed E-state index contributed by atoms with van der Waals surface area (Å²) >= 11 is 0. The van der Waals surface area contributed by atoms with Crippen molar-refractivity contribution in [3.63, 3.8) is 0 Å². The molecule has 0 aliphatic heterocycles. The van der Waals surface area contributed by atoms with E-state index in [9.17, 15) is 9.90 Å². The van der Waals surface area contributed by atoms with Crippen LogP contribution in [0.2, 0.25) is 0 Å². The van der Waals surface area contributed by atoms with Crippen molar-refractivity contribution in [2.75, 3.05) is 6.54 Å². The third kappa shape index (κ3) is 4.02. The molecule has 1 aromatic rings. The predicted octanol–water partition coefficient (Wildman–Crippen LogP) is 1.20. The van der Waals surface area contributed by atoms with Crippen LogP contribution in [-0.2, 0) is 0 Å². The molecule has 1 rings (SSSR count). The summed E-state index contributed by atoms with van der Waals surface area (Å²) in [6, 6.07) is 1.48. The second-order valence-electron chi connectivity index (χ2n) is 4.65. The maximum atomic E-state index is 11.5. The third-order valence-corrected chi connectivity index (χ3v) is 2.14. The summed E-state index contributed by atoms with van der Waals surface area (Å²) in [6.45, 7) is 5.94. The number of aromatic nitrogens is 1. The summed E-state index contributed by atoms with van der Waals surface area (Å²) in [7, 11) is 0. The highest BCUT2D eigenvalue weighted by atomic mass is 16.5. The predicted molar refractivity (Wildman–Crippen MR) is 58.9 cm³/mol. The lowest BCUT2D eigenvalue weighted by molar-refractivity contribution is 0.0362. The molecule has 1 aromatic heterocycles. The van der Waals surface area contributed by atoms with E-state index in [1.165, 1.54) is 12.3 Å². The van der Waals surface area contributed by atoms with E-state index in [2.05, 4.69) is 10.5 Å². The Morgan fingerprint density at radius 1 is 1.69 bits per heavy atom. The molecule has 0 radical (unpaired) electrons. The van der Waals surface area contributed by atoms with Gasteiger partial charge in [-0.15, -0.1) is 0 Å². The molecular weight excluding hydrogens is 208 g/mol. The lowest BCUT2D eigenvalue weighted by Gasteiger charge is -2.25. The second-order valence-corrected chi connectivity index (χ2v) is 4.65. The molecule has 5 nitrogen and oxygen atoms in total. The van der Waals surface area contributed by atoms with Gasteiger partial charge < -0.3 is 14.9 Å². The molecule has 1 atom stereocenters. The van der Waals surface area contributed by atoms with E-state index >= 15 is 0 Å². The monoisotopic (exact) mass is 226 g/mol. The number of rotatable bonds is 5. The first-order valence-electron chi connectivity index (χ1n) is 5.32. The van der Waals surface area contributed by atoms with Crippen molar-refractivity contribution in [3.05, 3.63) is 18.0 Å². The zero-order chi connectivity index (χ0) is 12.2. The van der Waals surface area contributed by atoms with Crippen LogP contribution in [0.5, 0.6) is 0 Å². The van der Waals surface area contributed by atoms with Crippen molar-refractivity contribution in [1.82, 2.24) is 10.5 Å². The Kier molecular flexibility index (Phi) is 4.06. The summed E-state index contributed by atoms with van der Waals surface area (Å²) in [5.41, 5.74) is -0.899. The fourth-order valence-corrected chi connectivity index (χ4v) is 1.64. The van der Waals surface area contributed by atoms with Gasteiger partial charge >= 0.3 is 0 Å². The van der Waals surface area contributed by atoms with Gasteiger partial charge in [0.25, 0.3) is 5.91 Å². The minimum Gasteiger partial charge on any atom is -0.388 e. The van der Waals surface area contributed by atoms with E-state index in [1.54, 1.807) is 6.92 Å². The highest BCUT2D eigenvalue weighted by Gasteiger charge is 2.23. The van der Waals surface area contributed by atoms with Gasteiger partial charge in [0.2, 0.25) is 5.76 Å². The maximum Gasteiger partial charge on any atom is 0.289 e. The van der Waals surface area contributed by atoms with Crippen LogP contribution in [0.25, 0.3) is 0 Å². The number of hydrogen-bond acceptors (Lipinski definition) is 4. The molecule has 0 saturated heterocycles. The number of hydrogen-bond donors (Lipinski definition) is 2. The molecule has 0 aliphatic carbocycles. The largest absolute Gasteiger partial charge is 0.388 e. The van der Waals surface area contributed by atoms with Gasteiger partial charge in [0.05, 0.1) is 11.8 Å². The van der Waals surface area contributed by atoms with Crippen LogP contribution in [0.15, 0.2) is 16.8 Å². The zero-order valence-electron chi connectivity index (χ0n) is 9.86. The molecule has 1 heterocycles. The fourth-order valence-electron chi connectivity index (χ4n) is 1.64. The second kappa shape index (κ2) is 5.12. The van der Waals surface area contributed by atoms with Crippen molar-refractivity contribution in [1.29, 1.82) is 0 Å². The molecular formula is C11H18N2O3. The third-order valence-electron chi connectivity index (χ3n) is 2.14. The van der Waals surface area contributed by atoms with Crippen LogP contribution >= 0.6 is 0 Å². The van der Waals surface area contributed by atoms with Gasteiger partial charge in [-0.2, -0.15) is 0 Å². The van der Waals surface area contributed by atoms with Gasteiger partial charge in [0, 0.05) is 12.6 Å². The number of aliphatic hydroxyl groups is 1. The van der Waals surface area contributed by atoms with Crippen molar-refractivity contribution in [2.45, 2.75) is 32.8 Å². The van der Waals surface area contributed by atoms with Crippen LogP contribution < -0.4 is 5.32 Å². The van der Waals surface area contributed by atoms with Crippen LogP contribution in [0.1, 0.15) is 37.7 Å². The molecule has 90 valence electrons. The lowest BCUT2D eigenvalue weighted by atomic mass is 9.94. The molecule has 16 heavy (non-hydrogen) atoms. The van der Waals surface area contributed by atoms with Gasteiger partial charge in [0.1, 0.15) is 0 Å². The Morgan fingerprint density at radius 2 is 2.38 bits per heavy atom. The van der Waals surface area contributed by atoms with Crippen LogP contribution in [-0.4, -0.2) is 28.3 Å². The summed E-state index contributed by atoms with van der Waals surface area (Å²) in [6.07, 6.45) is 2.03. The van der Waals surface area contributed by atoms with E-state index in [1.807, 2.05) is 13.8 Å². The highest BCUT2D eigenvalue weighted by molar-refractivity contribution is 5.91. The van der Waals surface area contributed by atoms with Crippen molar-refractivity contribution < 1.29 is 14.4 Å². The van der Waals surface area contributed by atoms with Crippen LogP contribution in [0.4, 0.5) is 0 Å². The summed E-state index contributed by atoms with van der Waals surface area (Å²) in [4.78, 5) is 11.5. The normalized spacial score (nSPS) is 14.8. The Morgan fingerprint density at radius 3 is 2.88 bits per heavy atom. The van der Waals surface area contributed by atoms with Gasteiger partial charge in [0.15, 0.2) is 0 Å². The molecule has 5 heteroatoms. The fraction of sp³-hybridized carbons (Fsp3) is 0.636. The van der Waals surface area contributed by atoms with E-state index < -0.39 is 5.60 Å². The number of amides is 1. The Labute approximate surface area is 94.8 Å². The average molecular weight is 226 g/mol. The molecule has 1 amide bonds. The van der Waals surface area contributed by atoms with Gasteiger partial charge in [-0.1, -0.05) is 19.0 Å². The maximum absolute atomic E-state index is 11.5. The lowest BCUT2D eigenvalue weighted by Crippen LogP contribution is -2.41. The first kappa shape index (κ1) is 12.7. The van der Waals surface area contributed by atoms with Crippen molar-refractivity contribution >= 4 is 5.91 Å². The smallest absolute Gasteiger partial charge is 0.289 e. The molecule has 0 spiro atoms. The highest BCUT2D eigenvalue weighted by Crippen LogP contribution is 2.15. The van der Waals surface area contributed by atoms with Gasteiger partial charge in [-0.05, 0) is 19.3 Å².